The quantitative estimate of drug-likeness (QED) is 0.480. The van der Waals surface area contributed by atoms with Gasteiger partial charge < -0.3 is 11.1 Å². The van der Waals surface area contributed by atoms with Crippen LogP contribution in [0.4, 0.5) is 20.3 Å². The summed E-state index contributed by atoms with van der Waals surface area (Å²) in [4.78, 5) is 21.2. The zero-order chi connectivity index (χ0) is 21.1. The van der Waals surface area contributed by atoms with Gasteiger partial charge in [-0.1, -0.05) is 6.07 Å². The van der Waals surface area contributed by atoms with E-state index in [1.807, 2.05) is 30.3 Å². The van der Waals surface area contributed by atoms with E-state index in [-0.39, 0.29) is 12.0 Å². The summed E-state index contributed by atoms with van der Waals surface area (Å²) >= 11 is 0. The minimum Gasteiger partial charge on any atom is -0.340 e. The van der Waals surface area contributed by atoms with E-state index < -0.39 is 23.9 Å². The van der Waals surface area contributed by atoms with Gasteiger partial charge in [0.2, 0.25) is 0 Å². The Morgan fingerprint density at radius 1 is 1.13 bits per heavy atom. The summed E-state index contributed by atoms with van der Waals surface area (Å²) in [6, 6.07) is 10.6. The molecule has 0 bridgehead atoms. The van der Waals surface area contributed by atoms with Crippen molar-refractivity contribution in [1.29, 1.82) is 0 Å². The second-order valence-corrected chi connectivity index (χ2v) is 7.32. The predicted octanol–water partition coefficient (Wildman–Crippen LogP) is 3.12. The first-order chi connectivity index (χ1) is 14.4. The molecule has 5 N–H and O–H groups in total. The number of fused-ring (bicyclic) bond motifs is 1. The number of alkyl halides is 2. The number of hydrogen-bond donors (Lipinski definition) is 4. The minimum atomic E-state index is -2.95. The highest BCUT2D eigenvalue weighted by Gasteiger charge is 2.44. The Bertz CT molecular complexity index is 1060. The van der Waals surface area contributed by atoms with Crippen LogP contribution >= 0.6 is 0 Å². The molecule has 1 fully saturated rings. The summed E-state index contributed by atoms with van der Waals surface area (Å²) in [5.74, 6) is -3.10. The van der Waals surface area contributed by atoms with Crippen molar-refractivity contribution in [2.24, 2.45) is 5.73 Å². The van der Waals surface area contributed by atoms with Crippen LogP contribution in [0.1, 0.15) is 29.6 Å². The summed E-state index contributed by atoms with van der Waals surface area (Å²) < 4.78 is 27.6. The molecule has 0 aliphatic heterocycles. The molecule has 156 valence electrons. The van der Waals surface area contributed by atoms with Gasteiger partial charge in [0.05, 0.1) is 17.1 Å². The number of halogens is 2. The van der Waals surface area contributed by atoms with Crippen molar-refractivity contribution in [3.05, 3.63) is 60.4 Å². The molecule has 2 aromatic heterocycles. The van der Waals surface area contributed by atoms with Gasteiger partial charge in [-0.3, -0.25) is 15.2 Å². The number of hydrogen-bond acceptors (Lipinski definition) is 6. The molecule has 1 aromatic carbocycles. The van der Waals surface area contributed by atoms with Crippen molar-refractivity contribution in [1.82, 2.24) is 20.8 Å². The van der Waals surface area contributed by atoms with E-state index in [4.69, 9.17) is 5.73 Å². The smallest absolute Gasteiger partial charge is 0.269 e. The number of benzene rings is 1. The third-order valence-corrected chi connectivity index (χ3v) is 5.24. The van der Waals surface area contributed by atoms with Crippen molar-refractivity contribution in [2.75, 3.05) is 5.32 Å². The van der Waals surface area contributed by atoms with E-state index in [0.717, 1.165) is 16.6 Å². The number of nitrogens with one attached hydrogen (secondary N) is 3. The average Bonchev–Trinajstić information content (AvgIpc) is 2.75. The molecule has 0 spiro atoms. The summed E-state index contributed by atoms with van der Waals surface area (Å²) in [7, 11) is 0. The van der Waals surface area contributed by atoms with Gasteiger partial charge in [-0.25, -0.2) is 19.2 Å². The second kappa shape index (κ2) is 8.29. The maximum Gasteiger partial charge on any atom is 0.269 e. The van der Waals surface area contributed by atoms with Gasteiger partial charge >= 0.3 is 0 Å². The fraction of sp³-hybridized carbons (Fsp3) is 0.286. The zero-order valence-electron chi connectivity index (χ0n) is 16.1. The molecule has 0 saturated heterocycles. The average molecular weight is 412 g/mol. The van der Waals surface area contributed by atoms with Gasteiger partial charge in [-0.2, -0.15) is 0 Å². The molecule has 3 aromatic rings. The van der Waals surface area contributed by atoms with E-state index in [1.54, 1.807) is 24.5 Å². The molecule has 2 heterocycles. The Kier molecular flexibility index (Phi) is 5.56. The van der Waals surface area contributed by atoms with Crippen LogP contribution in [-0.2, 0) is 0 Å². The van der Waals surface area contributed by atoms with Gasteiger partial charge in [0, 0.05) is 35.9 Å². The van der Waals surface area contributed by atoms with Crippen LogP contribution in [0.25, 0.3) is 10.9 Å². The molecule has 4 rings (SSSR count). The normalized spacial score (nSPS) is 20.6. The van der Waals surface area contributed by atoms with Gasteiger partial charge in [-0.05, 0) is 49.2 Å². The van der Waals surface area contributed by atoms with Crippen LogP contribution in [0.5, 0.6) is 0 Å². The fourth-order valence-corrected chi connectivity index (χ4v) is 3.56. The Labute approximate surface area is 172 Å². The van der Waals surface area contributed by atoms with E-state index in [9.17, 15) is 13.6 Å². The second-order valence-electron chi connectivity index (χ2n) is 7.32. The summed E-state index contributed by atoms with van der Waals surface area (Å²) in [5.41, 5.74) is 12.7. The molecule has 9 heteroatoms. The summed E-state index contributed by atoms with van der Waals surface area (Å²) in [6.45, 7) is 0. The fourth-order valence-electron chi connectivity index (χ4n) is 3.56. The lowest BCUT2D eigenvalue weighted by Gasteiger charge is -2.35. The Balaban J connectivity index is 1.47. The van der Waals surface area contributed by atoms with Gasteiger partial charge in [0.25, 0.3) is 11.8 Å². The van der Waals surface area contributed by atoms with Crippen molar-refractivity contribution in [3.63, 3.8) is 0 Å². The largest absolute Gasteiger partial charge is 0.340 e. The molecule has 2 atom stereocenters. The van der Waals surface area contributed by atoms with Crippen molar-refractivity contribution >= 4 is 28.3 Å². The Morgan fingerprint density at radius 3 is 2.80 bits per heavy atom. The highest BCUT2D eigenvalue weighted by molar-refractivity contribution is 5.99. The topological polar surface area (TPSA) is 105 Å². The Morgan fingerprint density at radius 2 is 1.93 bits per heavy atom. The summed E-state index contributed by atoms with van der Waals surface area (Å²) in [6.07, 6.45) is 3.84. The van der Waals surface area contributed by atoms with Crippen LogP contribution < -0.4 is 21.9 Å². The van der Waals surface area contributed by atoms with Crippen molar-refractivity contribution in [3.8, 4) is 0 Å². The molecule has 1 aliphatic rings. The van der Waals surface area contributed by atoms with Crippen LogP contribution in [0.2, 0.25) is 0 Å². The number of aromatic nitrogens is 2. The van der Waals surface area contributed by atoms with Crippen molar-refractivity contribution < 1.29 is 13.6 Å². The molecule has 7 nitrogen and oxygen atoms in total. The van der Waals surface area contributed by atoms with Crippen molar-refractivity contribution in [2.45, 2.75) is 37.3 Å². The molecular formula is C21H22F2N6O. The highest BCUT2D eigenvalue weighted by Crippen LogP contribution is 2.32. The van der Waals surface area contributed by atoms with Crippen LogP contribution in [-0.4, -0.2) is 33.9 Å². The van der Waals surface area contributed by atoms with E-state index in [0.29, 0.717) is 18.7 Å². The third kappa shape index (κ3) is 4.22. The number of rotatable bonds is 5. The molecule has 30 heavy (non-hydrogen) atoms. The number of anilines is 2. The lowest BCUT2D eigenvalue weighted by Crippen LogP contribution is -2.61. The minimum absolute atomic E-state index is 0.238. The van der Waals surface area contributed by atoms with E-state index >= 15 is 0 Å². The maximum absolute atomic E-state index is 13.8. The molecule has 1 amide bonds. The molecule has 0 radical (unpaired) electrons. The number of carbonyl (C=O) groups is 1. The molecule has 1 saturated carbocycles. The first-order valence-electron chi connectivity index (χ1n) is 9.70. The molecule has 0 unspecified atom stereocenters. The van der Waals surface area contributed by atoms with Crippen LogP contribution in [0.3, 0.4) is 0 Å². The SMILES string of the molecule is N[C@@H]1[C@H](NNC(=O)c2cccnc2Nc2ccc3ncccc3c2)CCCC1(F)F. The van der Waals surface area contributed by atoms with E-state index in [2.05, 4.69) is 26.1 Å². The lowest BCUT2D eigenvalue weighted by molar-refractivity contribution is -0.0640. The first-order valence-corrected chi connectivity index (χ1v) is 9.70. The van der Waals surface area contributed by atoms with Gasteiger partial charge in [0.1, 0.15) is 5.82 Å². The monoisotopic (exact) mass is 412 g/mol. The van der Waals surface area contributed by atoms with Crippen LogP contribution in [0.15, 0.2) is 54.9 Å². The first kappa shape index (κ1) is 20.1. The van der Waals surface area contributed by atoms with Gasteiger partial charge in [-0.15, -0.1) is 0 Å². The maximum atomic E-state index is 13.8. The number of carbonyl (C=O) groups excluding carboxylic acids is 1. The Hall–Kier alpha value is -3.17. The third-order valence-electron chi connectivity index (χ3n) is 5.24. The lowest BCUT2D eigenvalue weighted by atomic mass is 9.88. The molecular weight excluding hydrogens is 390 g/mol. The van der Waals surface area contributed by atoms with Crippen LogP contribution in [0, 0.1) is 0 Å². The predicted molar refractivity (Wildman–Crippen MR) is 110 cm³/mol. The number of nitrogens with zero attached hydrogens (tertiary/aromatic N) is 2. The molecule has 1 aliphatic carbocycles. The number of pyridine rings is 2. The zero-order valence-corrected chi connectivity index (χ0v) is 16.1. The number of nitrogens with two attached hydrogens (primary N) is 1. The highest BCUT2D eigenvalue weighted by atomic mass is 19.3. The summed E-state index contributed by atoms with van der Waals surface area (Å²) in [5, 5.41) is 4.08. The number of hydrazine groups is 1. The van der Waals surface area contributed by atoms with Gasteiger partial charge in [0.15, 0.2) is 0 Å². The standard InChI is InChI=1S/C21H22F2N6O/c22-21(23)9-1-6-17(18(21)24)28-29-20(30)15-5-3-11-26-19(15)27-14-7-8-16-13(12-14)4-2-10-25-16/h2-5,7-8,10-12,17-18,28H,1,6,9,24H2,(H,26,27)(H,29,30)/t17-,18-/m1/s1. The van der Waals surface area contributed by atoms with E-state index in [1.165, 1.54) is 0 Å². The number of amides is 1.